The summed E-state index contributed by atoms with van der Waals surface area (Å²) in [6.07, 6.45) is 0.963. The van der Waals surface area contributed by atoms with Crippen molar-refractivity contribution in [1.29, 1.82) is 0 Å². The highest BCUT2D eigenvalue weighted by molar-refractivity contribution is 5.89. The van der Waals surface area contributed by atoms with Crippen molar-refractivity contribution < 1.29 is 24.2 Å². The Hall–Kier alpha value is -3.39. The number of benzene rings is 2. The van der Waals surface area contributed by atoms with Gasteiger partial charge in [0.15, 0.2) is 12.4 Å². The number of carbonyl (C=O) groups excluding carboxylic acids is 3. The van der Waals surface area contributed by atoms with E-state index in [9.17, 15) is 19.5 Å². The van der Waals surface area contributed by atoms with E-state index in [1.807, 2.05) is 90.1 Å². The molecule has 3 amide bonds. The second kappa shape index (κ2) is 15.7. The normalized spacial score (nSPS) is 16.5. The molecule has 2 aromatic rings. The molecule has 42 heavy (non-hydrogen) atoms. The summed E-state index contributed by atoms with van der Waals surface area (Å²) < 4.78 is 5.87. The van der Waals surface area contributed by atoms with E-state index in [0.717, 1.165) is 23.1 Å². The number of aliphatic hydroxyl groups is 1. The molecule has 1 heterocycles. The van der Waals surface area contributed by atoms with Crippen molar-refractivity contribution in [2.45, 2.75) is 85.4 Å². The van der Waals surface area contributed by atoms with E-state index in [2.05, 4.69) is 10.6 Å². The highest BCUT2D eigenvalue weighted by Crippen LogP contribution is 2.27. The smallest absolute Gasteiger partial charge is 0.318 e. The van der Waals surface area contributed by atoms with Gasteiger partial charge in [0.1, 0.15) is 5.75 Å². The molecule has 8 nitrogen and oxygen atoms in total. The van der Waals surface area contributed by atoms with Gasteiger partial charge in [-0.15, -0.1) is 0 Å². The number of ketones is 1. The molecule has 0 bridgehead atoms. The van der Waals surface area contributed by atoms with Crippen LogP contribution in [-0.2, 0) is 16.0 Å². The maximum absolute atomic E-state index is 13.6. The summed E-state index contributed by atoms with van der Waals surface area (Å²) in [5.74, 6) is 0.355. The van der Waals surface area contributed by atoms with Crippen LogP contribution >= 0.6 is 0 Å². The number of nitrogens with one attached hydrogen (secondary N) is 2. The zero-order chi connectivity index (χ0) is 30.8. The first kappa shape index (κ1) is 33.1. The van der Waals surface area contributed by atoms with Crippen molar-refractivity contribution in [3.8, 4) is 5.75 Å². The Morgan fingerprint density at radius 1 is 1.00 bits per heavy atom. The summed E-state index contributed by atoms with van der Waals surface area (Å²) in [6.45, 7) is 12.9. The number of para-hydroxylation sites is 1. The number of hydrogen-bond acceptors (Lipinski definition) is 5. The molecule has 0 saturated carbocycles. The van der Waals surface area contributed by atoms with Crippen LogP contribution in [-0.4, -0.2) is 65.6 Å². The molecule has 8 heteroatoms. The largest absolute Gasteiger partial charge is 0.483 e. The molecule has 0 unspecified atom stereocenters. The van der Waals surface area contributed by atoms with Crippen molar-refractivity contribution in [2.24, 2.45) is 17.8 Å². The molecule has 0 aliphatic carbocycles. The third-order valence-electron chi connectivity index (χ3n) is 8.23. The first-order chi connectivity index (χ1) is 20.0. The molecule has 0 radical (unpaired) electrons. The predicted molar refractivity (Wildman–Crippen MR) is 165 cm³/mol. The molecule has 1 saturated heterocycles. The lowest BCUT2D eigenvalue weighted by molar-refractivity contribution is -0.127. The van der Waals surface area contributed by atoms with Crippen molar-refractivity contribution in [2.75, 3.05) is 19.7 Å². The molecule has 1 fully saturated rings. The third-order valence-corrected chi connectivity index (χ3v) is 8.23. The van der Waals surface area contributed by atoms with Crippen LogP contribution in [0.15, 0.2) is 48.5 Å². The van der Waals surface area contributed by atoms with Crippen LogP contribution in [0.4, 0.5) is 4.79 Å². The number of ether oxygens (including phenoxy) is 1. The Morgan fingerprint density at radius 2 is 1.67 bits per heavy atom. The number of Topliss-reactive ketones (excluding diaryl/α,β-unsaturated/α-hetero) is 1. The van der Waals surface area contributed by atoms with Gasteiger partial charge < -0.3 is 25.4 Å². The van der Waals surface area contributed by atoms with Crippen molar-refractivity contribution >= 4 is 17.7 Å². The van der Waals surface area contributed by atoms with Gasteiger partial charge >= 0.3 is 6.03 Å². The Kier molecular flexibility index (Phi) is 12.4. The average molecular weight is 580 g/mol. The van der Waals surface area contributed by atoms with Gasteiger partial charge in [0.25, 0.3) is 5.91 Å². The third kappa shape index (κ3) is 9.31. The fraction of sp³-hybridized carbons (Fsp3) is 0.559. The summed E-state index contributed by atoms with van der Waals surface area (Å²) in [5.41, 5.74) is 2.90. The van der Waals surface area contributed by atoms with Gasteiger partial charge in [0.05, 0.1) is 18.2 Å². The van der Waals surface area contributed by atoms with E-state index in [0.29, 0.717) is 31.7 Å². The molecule has 2 aromatic carbocycles. The highest BCUT2D eigenvalue weighted by Gasteiger charge is 2.36. The Morgan fingerprint density at radius 3 is 2.26 bits per heavy atom. The second-order valence-corrected chi connectivity index (χ2v) is 12.3. The fourth-order valence-electron chi connectivity index (χ4n) is 5.83. The highest BCUT2D eigenvalue weighted by atomic mass is 16.5. The topological polar surface area (TPSA) is 108 Å². The molecule has 0 aromatic heterocycles. The molecular weight excluding hydrogens is 530 g/mol. The first-order valence-electron chi connectivity index (χ1n) is 15.3. The number of carbonyl (C=O) groups is 3. The molecule has 3 rings (SSSR count). The van der Waals surface area contributed by atoms with Gasteiger partial charge in [-0.1, -0.05) is 76.2 Å². The number of hydrogen-bond donors (Lipinski definition) is 3. The number of aryl methyl sites for hydroxylation is 2. The molecule has 4 atom stereocenters. The lowest BCUT2D eigenvalue weighted by Crippen LogP contribution is -2.56. The summed E-state index contributed by atoms with van der Waals surface area (Å²) in [7, 11) is 0. The predicted octanol–water partition coefficient (Wildman–Crippen LogP) is 4.83. The summed E-state index contributed by atoms with van der Waals surface area (Å²) >= 11 is 0. The number of nitrogens with zero attached hydrogens (tertiary/aromatic N) is 1. The molecule has 1 aliphatic rings. The van der Waals surface area contributed by atoms with Gasteiger partial charge in [-0.2, -0.15) is 0 Å². The fourth-order valence-corrected chi connectivity index (χ4v) is 5.83. The van der Waals surface area contributed by atoms with E-state index in [4.69, 9.17) is 4.74 Å². The zero-order valence-corrected chi connectivity index (χ0v) is 26.1. The van der Waals surface area contributed by atoms with Crippen LogP contribution in [0.25, 0.3) is 0 Å². The lowest BCUT2D eigenvalue weighted by Gasteiger charge is -2.37. The van der Waals surface area contributed by atoms with Crippen LogP contribution in [0.2, 0.25) is 0 Å². The summed E-state index contributed by atoms with van der Waals surface area (Å²) in [6, 6.07) is 14.3. The number of aliphatic hydroxyl groups excluding tert-OH is 1. The summed E-state index contributed by atoms with van der Waals surface area (Å²) in [5, 5.41) is 17.4. The minimum atomic E-state index is -0.884. The van der Waals surface area contributed by atoms with Crippen LogP contribution in [0.1, 0.15) is 63.6 Å². The van der Waals surface area contributed by atoms with Gasteiger partial charge in [0.2, 0.25) is 0 Å². The Labute approximate surface area is 251 Å². The van der Waals surface area contributed by atoms with Gasteiger partial charge in [-0.05, 0) is 67.6 Å². The van der Waals surface area contributed by atoms with Crippen LogP contribution in [0.3, 0.4) is 0 Å². The maximum atomic E-state index is 13.6. The molecule has 0 spiro atoms. The average Bonchev–Trinajstić information content (AvgIpc) is 2.93. The van der Waals surface area contributed by atoms with Crippen molar-refractivity contribution in [1.82, 2.24) is 15.5 Å². The van der Waals surface area contributed by atoms with E-state index < -0.39 is 18.2 Å². The van der Waals surface area contributed by atoms with Crippen molar-refractivity contribution in [3.63, 3.8) is 0 Å². The number of urea groups is 1. The number of rotatable bonds is 15. The van der Waals surface area contributed by atoms with Crippen molar-refractivity contribution in [3.05, 3.63) is 65.2 Å². The molecule has 230 valence electrons. The minimum absolute atomic E-state index is 0.0126. The van der Waals surface area contributed by atoms with Crippen LogP contribution < -0.4 is 15.4 Å². The standard InChI is InChI=1S/C34H49N3O5/c1-22(2)27(20-30(39)32(23(3)4)37-17-11-16-35-34(37)41)19-29(38)28(18-26-14-8-7-9-15-26)36-31(40)21-42-33-24(5)12-10-13-25(33)6/h7-10,12-15,22-23,27-29,32,38H,11,16-21H2,1-6H3,(H,35,41)(H,36,40)/t27-,28-,29-,32-/m0/s1. The van der Waals surface area contributed by atoms with E-state index >= 15 is 0 Å². The maximum Gasteiger partial charge on any atom is 0.318 e. The molecular formula is C34H49N3O5. The van der Waals surface area contributed by atoms with Gasteiger partial charge in [-0.3, -0.25) is 9.59 Å². The molecule has 3 N–H and O–H groups in total. The monoisotopic (exact) mass is 579 g/mol. The zero-order valence-electron chi connectivity index (χ0n) is 26.1. The SMILES string of the molecule is Cc1cccc(C)c1OCC(=O)N[C@@H](Cc1ccccc1)[C@@H](O)C[C@@H](CC(=O)[C@H](C(C)C)N1CCCNC1=O)C(C)C. The van der Waals surface area contributed by atoms with E-state index in [1.54, 1.807) is 4.90 Å². The van der Waals surface area contributed by atoms with Gasteiger partial charge in [-0.25, -0.2) is 4.79 Å². The van der Waals surface area contributed by atoms with E-state index in [-0.39, 0.29) is 48.5 Å². The lowest BCUT2D eigenvalue weighted by atomic mass is 9.81. The van der Waals surface area contributed by atoms with Gasteiger partial charge in [0, 0.05) is 19.5 Å². The van der Waals surface area contributed by atoms with E-state index in [1.165, 1.54) is 0 Å². The number of amides is 3. The molecule has 1 aliphatic heterocycles. The summed E-state index contributed by atoms with van der Waals surface area (Å²) in [4.78, 5) is 40.9. The second-order valence-electron chi connectivity index (χ2n) is 12.3. The van der Waals surface area contributed by atoms with Crippen LogP contribution in [0, 0.1) is 31.6 Å². The first-order valence-corrected chi connectivity index (χ1v) is 15.3. The minimum Gasteiger partial charge on any atom is -0.483 e. The Balaban J connectivity index is 1.72. The Bertz CT molecular complexity index is 1160. The quantitative estimate of drug-likeness (QED) is 0.280. The van der Waals surface area contributed by atoms with Crippen LogP contribution in [0.5, 0.6) is 5.75 Å².